The van der Waals surface area contributed by atoms with Crippen LogP contribution >= 0.6 is 0 Å². The van der Waals surface area contributed by atoms with E-state index >= 15 is 0 Å². The van der Waals surface area contributed by atoms with E-state index in [1.165, 1.54) is 6.42 Å². The molecule has 0 saturated heterocycles. The van der Waals surface area contributed by atoms with Gasteiger partial charge in [-0.1, -0.05) is 19.1 Å². The van der Waals surface area contributed by atoms with Crippen LogP contribution in [0.3, 0.4) is 0 Å². The van der Waals surface area contributed by atoms with Crippen molar-refractivity contribution in [3.63, 3.8) is 0 Å². The minimum Gasteiger partial charge on any atom is -0.356 e. The third kappa shape index (κ3) is 2.92. The quantitative estimate of drug-likeness (QED) is 0.585. The van der Waals surface area contributed by atoms with E-state index in [0.717, 1.165) is 41.7 Å². The third-order valence-corrected chi connectivity index (χ3v) is 3.75. The number of aromatic nitrogens is 2. The van der Waals surface area contributed by atoms with Crippen LogP contribution < -0.4 is 10.6 Å². The van der Waals surface area contributed by atoms with Crippen LogP contribution in [0.4, 0.5) is 0 Å². The van der Waals surface area contributed by atoms with Crippen molar-refractivity contribution in [1.29, 1.82) is 0 Å². The first-order valence-corrected chi connectivity index (χ1v) is 7.17. The van der Waals surface area contributed by atoms with Crippen molar-refractivity contribution >= 4 is 17.0 Å². The van der Waals surface area contributed by atoms with E-state index in [4.69, 9.17) is 0 Å². The van der Waals surface area contributed by atoms with Crippen LogP contribution in [0.5, 0.6) is 0 Å². The first-order valence-electron chi connectivity index (χ1n) is 7.17. The number of hydrogen-bond donors (Lipinski definition) is 3. The first-order chi connectivity index (χ1) is 9.76. The molecule has 1 heterocycles. The fraction of sp³-hybridized carbons (Fsp3) is 0.467. The van der Waals surface area contributed by atoms with Crippen LogP contribution in [0, 0.1) is 5.92 Å². The van der Waals surface area contributed by atoms with Gasteiger partial charge in [0.2, 0.25) is 0 Å². The molecule has 1 aromatic heterocycles. The minimum absolute atomic E-state index is 0.590. The Morgan fingerprint density at radius 3 is 2.95 bits per heavy atom. The van der Waals surface area contributed by atoms with Gasteiger partial charge in [0.05, 0.1) is 11.0 Å². The number of guanidine groups is 1. The molecule has 0 bridgehead atoms. The number of fused-ring (bicyclic) bond motifs is 1. The van der Waals surface area contributed by atoms with Gasteiger partial charge in [0.15, 0.2) is 5.96 Å². The molecule has 2 atom stereocenters. The van der Waals surface area contributed by atoms with Crippen molar-refractivity contribution in [3.05, 3.63) is 30.1 Å². The fourth-order valence-electron chi connectivity index (χ4n) is 2.32. The zero-order valence-corrected chi connectivity index (χ0v) is 12.0. The molecular weight excluding hydrogens is 250 g/mol. The lowest BCUT2D eigenvalue weighted by Gasteiger charge is -2.10. The maximum atomic E-state index is 4.56. The van der Waals surface area contributed by atoms with Crippen LogP contribution in [-0.2, 0) is 6.42 Å². The fourth-order valence-corrected chi connectivity index (χ4v) is 2.32. The highest BCUT2D eigenvalue weighted by molar-refractivity contribution is 5.80. The van der Waals surface area contributed by atoms with E-state index in [1.807, 2.05) is 31.3 Å². The van der Waals surface area contributed by atoms with Crippen LogP contribution in [0.15, 0.2) is 29.3 Å². The molecule has 0 spiro atoms. The summed E-state index contributed by atoms with van der Waals surface area (Å²) < 4.78 is 0. The molecule has 20 heavy (non-hydrogen) atoms. The number of aliphatic imine (C=N–C) groups is 1. The number of hydrogen-bond acceptors (Lipinski definition) is 2. The lowest BCUT2D eigenvalue weighted by atomic mass is 10.3. The molecule has 2 unspecified atom stereocenters. The van der Waals surface area contributed by atoms with Gasteiger partial charge in [-0.05, 0) is 24.5 Å². The van der Waals surface area contributed by atoms with Gasteiger partial charge < -0.3 is 15.6 Å². The Balaban J connectivity index is 1.51. The number of benzene rings is 1. The van der Waals surface area contributed by atoms with Crippen LogP contribution in [0.1, 0.15) is 19.2 Å². The average Bonchev–Trinajstić information content (AvgIpc) is 3.00. The van der Waals surface area contributed by atoms with E-state index in [1.54, 1.807) is 0 Å². The molecule has 0 aliphatic heterocycles. The maximum absolute atomic E-state index is 4.56. The molecule has 1 saturated carbocycles. The summed E-state index contributed by atoms with van der Waals surface area (Å²) in [6.45, 7) is 3.07. The van der Waals surface area contributed by atoms with E-state index in [-0.39, 0.29) is 0 Å². The smallest absolute Gasteiger partial charge is 0.191 e. The molecule has 1 aliphatic carbocycles. The predicted octanol–water partition coefficient (Wildman–Crippen LogP) is 1.68. The summed E-state index contributed by atoms with van der Waals surface area (Å²) in [5.41, 5.74) is 2.12. The molecule has 106 valence electrons. The summed E-state index contributed by atoms with van der Waals surface area (Å²) in [5.74, 6) is 2.66. The molecule has 2 aromatic rings. The van der Waals surface area contributed by atoms with Crippen LogP contribution in [-0.4, -0.2) is 35.6 Å². The number of rotatable bonds is 4. The minimum atomic E-state index is 0.590. The number of aromatic amines is 1. The Bertz CT molecular complexity index is 583. The lowest BCUT2D eigenvalue weighted by Crippen LogP contribution is -2.40. The molecule has 0 amide bonds. The largest absolute Gasteiger partial charge is 0.356 e. The zero-order chi connectivity index (χ0) is 13.9. The van der Waals surface area contributed by atoms with E-state index in [9.17, 15) is 0 Å². The van der Waals surface area contributed by atoms with Crippen LogP contribution in [0.25, 0.3) is 11.0 Å². The van der Waals surface area contributed by atoms with E-state index in [0.29, 0.717) is 6.04 Å². The molecule has 1 aliphatic rings. The van der Waals surface area contributed by atoms with Gasteiger partial charge in [-0.2, -0.15) is 0 Å². The molecule has 5 heteroatoms. The summed E-state index contributed by atoms with van der Waals surface area (Å²) in [7, 11) is 1.81. The van der Waals surface area contributed by atoms with Gasteiger partial charge >= 0.3 is 0 Å². The topological polar surface area (TPSA) is 65.1 Å². The molecule has 1 aromatic carbocycles. The van der Waals surface area contributed by atoms with Crippen molar-refractivity contribution < 1.29 is 0 Å². The van der Waals surface area contributed by atoms with Gasteiger partial charge in [0.1, 0.15) is 5.82 Å². The highest BCUT2D eigenvalue weighted by Crippen LogP contribution is 2.28. The van der Waals surface area contributed by atoms with Crippen molar-refractivity contribution in [1.82, 2.24) is 20.6 Å². The predicted molar refractivity (Wildman–Crippen MR) is 81.9 cm³/mol. The monoisotopic (exact) mass is 271 g/mol. The Morgan fingerprint density at radius 1 is 1.45 bits per heavy atom. The molecule has 5 nitrogen and oxygen atoms in total. The van der Waals surface area contributed by atoms with Crippen molar-refractivity contribution in [3.8, 4) is 0 Å². The molecule has 3 N–H and O–H groups in total. The van der Waals surface area contributed by atoms with Crippen molar-refractivity contribution in [2.45, 2.75) is 25.8 Å². The number of para-hydroxylation sites is 2. The lowest BCUT2D eigenvalue weighted by molar-refractivity contribution is 0.749. The molecule has 1 fully saturated rings. The van der Waals surface area contributed by atoms with Gasteiger partial charge in [0.25, 0.3) is 0 Å². The Kier molecular flexibility index (Phi) is 3.58. The van der Waals surface area contributed by atoms with Crippen LogP contribution in [0.2, 0.25) is 0 Å². The van der Waals surface area contributed by atoms with Crippen molar-refractivity contribution in [2.24, 2.45) is 10.9 Å². The summed E-state index contributed by atoms with van der Waals surface area (Å²) in [6.07, 6.45) is 2.10. The highest BCUT2D eigenvalue weighted by Gasteiger charge is 2.33. The first kappa shape index (κ1) is 13.0. The summed E-state index contributed by atoms with van der Waals surface area (Å²) in [5, 5.41) is 6.74. The zero-order valence-electron chi connectivity index (χ0n) is 12.0. The van der Waals surface area contributed by atoms with Crippen molar-refractivity contribution in [2.75, 3.05) is 13.6 Å². The van der Waals surface area contributed by atoms with E-state index < -0.39 is 0 Å². The van der Waals surface area contributed by atoms with Gasteiger partial charge in [-0.15, -0.1) is 0 Å². The third-order valence-electron chi connectivity index (χ3n) is 3.75. The molecule has 3 rings (SSSR count). The summed E-state index contributed by atoms with van der Waals surface area (Å²) >= 11 is 0. The Morgan fingerprint density at radius 2 is 2.25 bits per heavy atom. The summed E-state index contributed by atoms with van der Waals surface area (Å²) in [4.78, 5) is 12.1. The Labute approximate surface area is 118 Å². The Hall–Kier alpha value is -2.04. The summed E-state index contributed by atoms with van der Waals surface area (Å²) in [6, 6.07) is 8.69. The standard InChI is InChI=1S/C15H21N5/c1-10-9-13(10)20-15(16-2)17-8-7-14-18-11-5-3-4-6-12(11)19-14/h3-6,10,13H,7-9H2,1-2H3,(H,18,19)(H2,16,17,20). The SMILES string of the molecule is CN=C(NCCc1nc2ccccc2[nH]1)NC1CC1C. The number of H-pyrrole nitrogens is 1. The second-order valence-corrected chi connectivity index (χ2v) is 5.41. The second-order valence-electron chi connectivity index (χ2n) is 5.41. The average molecular weight is 271 g/mol. The molecule has 0 radical (unpaired) electrons. The van der Waals surface area contributed by atoms with E-state index in [2.05, 4.69) is 32.5 Å². The maximum Gasteiger partial charge on any atom is 0.191 e. The second kappa shape index (κ2) is 5.53. The number of nitrogens with zero attached hydrogens (tertiary/aromatic N) is 2. The number of imidazole rings is 1. The van der Waals surface area contributed by atoms with Gasteiger partial charge in [0, 0.05) is 26.1 Å². The van der Waals surface area contributed by atoms with Gasteiger partial charge in [-0.25, -0.2) is 4.98 Å². The molecular formula is C15H21N5. The number of nitrogens with one attached hydrogen (secondary N) is 3. The highest BCUT2D eigenvalue weighted by atomic mass is 15.2. The normalized spacial score (nSPS) is 22.0. The van der Waals surface area contributed by atoms with Gasteiger partial charge in [-0.3, -0.25) is 4.99 Å².